The van der Waals surface area contributed by atoms with Gasteiger partial charge >= 0.3 is 0 Å². The van der Waals surface area contributed by atoms with E-state index in [0.29, 0.717) is 24.6 Å². The molecule has 0 amide bonds. The highest BCUT2D eigenvalue weighted by Gasteiger charge is 2.13. The fraction of sp³-hybridized carbons (Fsp3) is 0.364. The van der Waals surface area contributed by atoms with Gasteiger partial charge in [0.15, 0.2) is 11.6 Å². The number of aryl methyl sites for hydroxylation is 4. The second kappa shape index (κ2) is 9.89. The van der Waals surface area contributed by atoms with Crippen molar-refractivity contribution < 1.29 is 9.59 Å². The van der Waals surface area contributed by atoms with Gasteiger partial charge in [0.2, 0.25) is 0 Å². The second-order valence-electron chi connectivity index (χ2n) is 6.53. The first-order valence-electron chi connectivity index (χ1n) is 8.83. The summed E-state index contributed by atoms with van der Waals surface area (Å²) in [6.07, 6.45) is 2.21. The first kappa shape index (κ1) is 20.7. The lowest BCUT2D eigenvalue weighted by molar-refractivity contribution is 0.0980. The van der Waals surface area contributed by atoms with Crippen LogP contribution < -0.4 is 0 Å². The van der Waals surface area contributed by atoms with Gasteiger partial charge in [0, 0.05) is 35.7 Å². The number of carbonyl (C=O) groups excluding carboxylic acids is 2. The normalized spacial score (nSPS) is 10.8. The van der Waals surface area contributed by atoms with E-state index in [0.717, 1.165) is 46.2 Å². The molecule has 0 aromatic heterocycles. The van der Waals surface area contributed by atoms with Crippen LogP contribution in [-0.4, -0.2) is 23.3 Å². The molecule has 0 saturated carbocycles. The van der Waals surface area contributed by atoms with Crippen LogP contribution in [0.2, 0.25) is 0 Å². The van der Waals surface area contributed by atoms with Crippen molar-refractivity contribution in [1.29, 1.82) is 0 Å². The number of Topliss-reactive ketones (excluding diaryl/α,β-unsaturated/α-hetero) is 2. The summed E-state index contributed by atoms with van der Waals surface area (Å²) in [4.78, 5) is 24.6. The summed E-state index contributed by atoms with van der Waals surface area (Å²) < 4.78 is 0. The summed E-state index contributed by atoms with van der Waals surface area (Å²) in [5.74, 6) is 0.821. The molecule has 0 aliphatic rings. The van der Waals surface area contributed by atoms with Crippen molar-refractivity contribution in [3.05, 3.63) is 69.8 Å². The monoisotopic (exact) mass is 390 g/mol. The number of benzene rings is 2. The zero-order chi connectivity index (χ0) is 19.1. The quantitative estimate of drug-likeness (QED) is 0.405. The number of rotatable bonds is 9. The molecule has 2 aromatic rings. The van der Waals surface area contributed by atoms with E-state index < -0.39 is 0 Å². The third kappa shape index (κ3) is 5.43. The average molecular weight is 391 g/mol. The SMILES string of the molecule is Cc1ccc(CCc2ccc(C)c(C(=O)CCCl)c2)c(C(=O)CCCl)c1. The molecule has 0 fully saturated rings. The first-order chi connectivity index (χ1) is 12.5. The van der Waals surface area contributed by atoms with Gasteiger partial charge in [-0.3, -0.25) is 9.59 Å². The average Bonchev–Trinajstić information content (AvgIpc) is 2.62. The van der Waals surface area contributed by atoms with Crippen LogP contribution in [-0.2, 0) is 12.8 Å². The smallest absolute Gasteiger partial charge is 0.164 e. The summed E-state index contributed by atoms with van der Waals surface area (Å²) in [6, 6.07) is 12.0. The second-order valence-corrected chi connectivity index (χ2v) is 7.29. The van der Waals surface area contributed by atoms with Crippen LogP contribution in [0.1, 0.15) is 55.8 Å². The molecule has 0 saturated heterocycles. The molecule has 2 nitrogen and oxygen atoms in total. The van der Waals surface area contributed by atoms with Gasteiger partial charge in [-0.1, -0.05) is 29.8 Å². The van der Waals surface area contributed by atoms with Crippen molar-refractivity contribution in [2.75, 3.05) is 11.8 Å². The predicted molar refractivity (Wildman–Crippen MR) is 109 cm³/mol. The van der Waals surface area contributed by atoms with Crippen LogP contribution in [0.15, 0.2) is 36.4 Å². The highest BCUT2D eigenvalue weighted by Crippen LogP contribution is 2.19. The molecular formula is C22H24Cl2O2. The maximum absolute atomic E-state index is 12.3. The Kier molecular flexibility index (Phi) is 7.86. The van der Waals surface area contributed by atoms with Gasteiger partial charge in [-0.05, 0) is 55.5 Å². The maximum atomic E-state index is 12.3. The zero-order valence-electron chi connectivity index (χ0n) is 15.3. The minimum Gasteiger partial charge on any atom is -0.294 e. The lowest BCUT2D eigenvalue weighted by atomic mass is 9.93. The third-order valence-electron chi connectivity index (χ3n) is 4.49. The Morgan fingerprint density at radius 2 is 1.46 bits per heavy atom. The number of ketones is 2. The van der Waals surface area contributed by atoms with Crippen molar-refractivity contribution in [1.82, 2.24) is 0 Å². The van der Waals surface area contributed by atoms with E-state index in [1.807, 2.05) is 50.2 Å². The Labute approximate surface area is 165 Å². The highest BCUT2D eigenvalue weighted by molar-refractivity contribution is 6.20. The van der Waals surface area contributed by atoms with E-state index in [2.05, 4.69) is 0 Å². The summed E-state index contributed by atoms with van der Waals surface area (Å²) >= 11 is 11.4. The van der Waals surface area contributed by atoms with Gasteiger partial charge in [0.25, 0.3) is 0 Å². The van der Waals surface area contributed by atoms with Gasteiger partial charge in [-0.15, -0.1) is 23.2 Å². The highest BCUT2D eigenvalue weighted by atomic mass is 35.5. The molecule has 0 aliphatic carbocycles. The standard InChI is InChI=1S/C22H24Cl2O2/c1-15-3-7-18(20(13-15)22(26)10-12-24)8-6-17-5-4-16(2)19(14-17)21(25)9-11-23/h3-5,7,13-14H,6,8-12H2,1-2H3. The Bertz CT molecular complexity index is 797. The molecule has 2 aromatic carbocycles. The number of carbonyl (C=O) groups is 2. The number of hydrogen-bond acceptors (Lipinski definition) is 2. The van der Waals surface area contributed by atoms with Crippen LogP contribution in [0, 0.1) is 13.8 Å². The topological polar surface area (TPSA) is 34.1 Å². The van der Waals surface area contributed by atoms with Crippen LogP contribution in [0.4, 0.5) is 0 Å². The first-order valence-corrected chi connectivity index (χ1v) is 9.90. The molecule has 0 spiro atoms. The molecule has 0 unspecified atom stereocenters. The molecule has 0 bridgehead atoms. The van der Waals surface area contributed by atoms with Gasteiger partial charge in [-0.25, -0.2) is 0 Å². The van der Waals surface area contributed by atoms with E-state index in [-0.39, 0.29) is 11.6 Å². The lowest BCUT2D eigenvalue weighted by Gasteiger charge is -2.11. The molecule has 4 heteroatoms. The predicted octanol–water partition coefficient (Wildman–Crippen LogP) is 5.71. The Balaban J connectivity index is 2.20. The Morgan fingerprint density at radius 1 is 0.808 bits per heavy atom. The number of alkyl halides is 2. The van der Waals surface area contributed by atoms with E-state index >= 15 is 0 Å². The minimum atomic E-state index is 0.0765. The van der Waals surface area contributed by atoms with Gasteiger partial charge < -0.3 is 0 Å². The maximum Gasteiger partial charge on any atom is 0.164 e. The van der Waals surface area contributed by atoms with Crippen LogP contribution in [0.3, 0.4) is 0 Å². The molecule has 2 rings (SSSR count). The molecule has 0 heterocycles. The van der Waals surface area contributed by atoms with Crippen LogP contribution in [0.5, 0.6) is 0 Å². The van der Waals surface area contributed by atoms with Crippen molar-refractivity contribution >= 4 is 34.8 Å². The number of halogens is 2. The van der Waals surface area contributed by atoms with Gasteiger partial charge in [0.1, 0.15) is 0 Å². The summed E-state index contributed by atoms with van der Waals surface area (Å²) in [5, 5.41) is 0. The fourth-order valence-electron chi connectivity index (χ4n) is 3.01. The van der Waals surface area contributed by atoms with E-state index in [1.165, 1.54) is 0 Å². The number of hydrogen-bond donors (Lipinski definition) is 0. The zero-order valence-corrected chi connectivity index (χ0v) is 16.8. The molecule has 0 radical (unpaired) electrons. The van der Waals surface area contributed by atoms with Crippen molar-refractivity contribution in [3.8, 4) is 0 Å². The summed E-state index contributed by atoms with van der Waals surface area (Å²) in [5.41, 5.74) is 5.65. The Morgan fingerprint density at radius 3 is 2.12 bits per heavy atom. The van der Waals surface area contributed by atoms with E-state index in [4.69, 9.17) is 23.2 Å². The van der Waals surface area contributed by atoms with Crippen LogP contribution in [0.25, 0.3) is 0 Å². The minimum absolute atomic E-state index is 0.0765. The Hall–Kier alpha value is -1.64. The van der Waals surface area contributed by atoms with E-state index in [9.17, 15) is 9.59 Å². The molecule has 26 heavy (non-hydrogen) atoms. The largest absolute Gasteiger partial charge is 0.294 e. The summed E-state index contributed by atoms with van der Waals surface area (Å²) in [6.45, 7) is 3.92. The van der Waals surface area contributed by atoms with Crippen molar-refractivity contribution in [2.24, 2.45) is 0 Å². The van der Waals surface area contributed by atoms with Gasteiger partial charge in [0.05, 0.1) is 0 Å². The molecule has 0 aliphatic heterocycles. The fourth-order valence-corrected chi connectivity index (χ4v) is 3.36. The third-order valence-corrected chi connectivity index (χ3v) is 4.87. The van der Waals surface area contributed by atoms with Crippen molar-refractivity contribution in [3.63, 3.8) is 0 Å². The molecular weight excluding hydrogens is 367 g/mol. The lowest BCUT2D eigenvalue weighted by Crippen LogP contribution is -2.07. The summed E-state index contributed by atoms with van der Waals surface area (Å²) in [7, 11) is 0. The van der Waals surface area contributed by atoms with Gasteiger partial charge in [-0.2, -0.15) is 0 Å². The molecule has 0 N–H and O–H groups in total. The molecule has 0 atom stereocenters. The van der Waals surface area contributed by atoms with Crippen molar-refractivity contribution in [2.45, 2.75) is 39.5 Å². The van der Waals surface area contributed by atoms with Crippen LogP contribution >= 0.6 is 23.2 Å². The van der Waals surface area contributed by atoms with E-state index in [1.54, 1.807) is 0 Å². The molecule has 138 valence electrons.